The third-order valence-corrected chi connectivity index (χ3v) is 5.41. The van der Waals surface area contributed by atoms with E-state index in [1.807, 2.05) is 0 Å². The maximum atomic E-state index is 12.1. The molecule has 2 aliphatic carbocycles. The number of ether oxygens (including phenoxy) is 2. The van der Waals surface area contributed by atoms with Crippen molar-refractivity contribution in [3.8, 4) is 0 Å². The lowest BCUT2D eigenvalue weighted by Gasteiger charge is -2.47. The van der Waals surface area contributed by atoms with Gasteiger partial charge in [0, 0.05) is 26.2 Å². The highest BCUT2D eigenvalue weighted by Crippen LogP contribution is 2.49. The molecular formula is C16H26O3. The van der Waals surface area contributed by atoms with Gasteiger partial charge < -0.3 is 9.47 Å². The summed E-state index contributed by atoms with van der Waals surface area (Å²) in [6.45, 7) is 2.59. The van der Waals surface area contributed by atoms with Crippen molar-refractivity contribution in [3.63, 3.8) is 0 Å². The molecule has 3 rings (SSSR count). The molecule has 0 N–H and O–H groups in total. The van der Waals surface area contributed by atoms with Gasteiger partial charge in [-0.25, -0.2) is 0 Å². The fourth-order valence-electron chi connectivity index (χ4n) is 3.96. The van der Waals surface area contributed by atoms with E-state index in [1.165, 1.54) is 25.7 Å². The highest BCUT2D eigenvalue weighted by molar-refractivity contribution is 5.92. The van der Waals surface area contributed by atoms with Crippen LogP contribution in [-0.2, 0) is 14.3 Å². The second-order valence-electron chi connectivity index (χ2n) is 6.58. The molecule has 2 saturated carbocycles. The number of Topliss-reactive ketones (excluding diaryl/α,β-unsaturated/α-hetero) is 1. The molecule has 19 heavy (non-hydrogen) atoms. The molecule has 3 heteroatoms. The van der Waals surface area contributed by atoms with E-state index in [0.29, 0.717) is 18.1 Å². The molecule has 0 aromatic rings. The van der Waals surface area contributed by atoms with E-state index >= 15 is 0 Å². The van der Waals surface area contributed by atoms with Gasteiger partial charge in [0.25, 0.3) is 0 Å². The van der Waals surface area contributed by atoms with Gasteiger partial charge in [0.2, 0.25) is 0 Å². The smallest absolute Gasteiger partial charge is 0.144 e. The third-order valence-electron chi connectivity index (χ3n) is 5.41. The molecule has 3 fully saturated rings. The summed E-state index contributed by atoms with van der Waals surface area (Å²) < 4.78 is 11.5. The molecule has 1 heterocycles. The van der Waals surface area contributed by atoms with Crippen LogP contribution in [0.4, 0.5) is 0 Å². The Labute approximate surface area is 116 Å². The summed E-state index contributed by atoms with van der Waals surface area (Å²) in [5, 5.41) is 0. The molecule has 108 valence electrons. The van der Waals surface area contributed by atoms with Crippen molar-refractivity contribution < 1.29 is 14.3 Å². The summed E-state index contributed by atoms with van der Waals surface area (Å²) in [5.41, 5.74) is -0.0817. The van der Waals surface area contributed by atoms with Crippen LogP contribution < -0.4 is 0 Å². The van der Waals surface area contributed by atoms with Crippen molar-refractivity contribution in [2.45, 2.75) is 63.9 Å². The zero-order valence-corrected chi connectivity index (χ0v) is 11.9. The first-order valence-corrected chi connectivity index (χ1v) is 8.04. The lowest BCUT2D eigenvalue weighted by atomic mass is 9.60. The second kappa shape index (κ2) is 5.92. The molecule has 1 unspecified atom stereocenters. The molecule has 0 bridgehead atoms. The first-order valence-electron chi connectivity index (χ1n) is 8.04. The number of carbonyl (C=O) groups excluding carboxylic acids is 1. The van der Waals surface area contributed by atoms with Gasteiger partial charge in [0.1, 0.15) is 5.78 Å². The summed E-state index contributed by atoms with van der Waals surface area (Å²) >= 11 is 0. The van der Waals surface area contributed by atoms with Crippen LogP contribution >= 0.6 is 0 Å². The largest absolute Gasteiger partial charge is 0.381 e. The molecule has 3 aliphatic rings. The standard InChI is InChI=1S/C16H26O3/c17-14-11-15(16(14)7-3-1-2-4-8-16)19-12-13-5-9-18-10-6-13/h13,15H,1-12H2. The summed E-state index contributed by atoms with van der Waals surface area (Å²) in [7, 11) is 0. The normalized spacial score (nSPS) is 32.0. The van der Waals surface area contributed by atoms with E-state index in [1.54, 1.807) is 0 Å². The van der Waals surface area contributed by atoms with Gasteiger partial charge in [-0.3, -0.25) is 4.79 Å². The Morgan fingerprint density at radius 1 is 1.11 bits per heavy atom. The van der Waals surface area contributed by atoms with Gasteiger partial charge in [-0.2, -0.15) is 0 Å². The van der Waals surface area contributed by atoms with E-state index < -0.39 is 0 Å². The Bertz CT molecular complexity index is 312. The third kappa shape index (κ3) is 2.73. The number of ketones is 1. The van der Waals surface area contributed by atoms with Gasteiger partial charge in [-0.1, -0.05) is 25.7 Å². The molecule has 1 aliphatic heterocycles. The molecule has 0 aromatic heterocycles. The van der Waals surface area contributed by atoms with Crippen molar-refractivity contribution in [1.29, 1.82) is 0 Å². The lowest BCUT2D eigenvalue weighted by molar-refractivity contribution is -0.169. The Morgan fingerprint density at radius 3 is 2.42 bits per heavy atom. The van der Waals surface area contributed by atoms with Gasteiger partial charge in [0.05, 0.1) is 11.5 Å². The predicted octanol–water partition coefficient (Wildman–Crippen LogP) is 3.11. The predicted molar refractivity (Wildman–Crippen MR) is 73.0 cm³/mol. The minimum Gasteiger partial charge on any atom is -0.381 e. The first kappa shape index (κ1) is 13.6. The maximum absolute atomic E-state index is 12.1. The Balaban J connectivity index is 1.53. The topological polar surface area (TPSA) is 35.5 Å². The van der Waals surface area contributed by atoms with Crippen LogP contribution in [0.1, 0.15) is 57.8 Å². The minimum atomic E-state index is -0.0817. The van der Waals surface area contributed by atoms with Crippen LogP contribution in [0.25, 0.3) is 0 Å². The average molecular weight is 266 g/mol. The van der Waals surface area contributed by atoms with E-state index in [9.17, 15) is 4.79 Å². The van der Waals surface area contributed by atoms with Crippen LogP contribution in [0.3, 0.4) is 0 Å². The number of hydrogen-bond donors (Lipinski definition) is 0. The van der Waals surface area contributed by atoms with Crippen molar-refractivity contribution >= 4 is 5.78 Å². The number of rotatable bonds is 3. The Kier molecular flexibility index (Phi) is 4.23. The summed E-state index contributed by atoms with van der Waals surface area (Å²) in [4.78, 5) is 12.1. The van der Waals surface area contributed by atoms with Crippen LogP contribution in [0.2, 0.25) is 0 Å². The van der Waals surface area contributed by atoms with E-state index in [4.69, 9.17) is 9.47 Å². The molecule has 0 aromatic carbocycles. The SMILES string of the molecule is O=C1CC(OCC2CCOCC2)C12CCCCCC2. The molecule has 3 nitrogen and oxygen atoms in total. The highest BCUT2D eigenvalue weighted by Gasteiger charge is 2.54. The van der Waals surface area contributed by atoms with Crippen molar-refractivity contribution in [2.24, 2.45) is 11.3 Å². The molecule has 0 radical (unpaired) electrons. The highest BCUT2D eigenvalue weighted by atomic mass is 16.5. The quantitative estimate of drug-likeness (QED) is 0.787. The number of hydrogen-bond acceptors (Lipinski definition) is 3. The first-order chi connectivity index (χ1) is 9.31. The Hall–Kier alpha value is -0.410. The molecule has 1 saturated heterocycles. The summed E-state index contributed by atoms with van der Waals surface area (Å²) in [5.74, 6) is 1.12. The van der Waals surface area contributed by atoms with Gasteiger partial charge >= 0.3 is 0 Å². The lowest BCUT2D eigenvalue weighted by Crippen LogP contribution is -2.55. The summed E-state index contributed by atoms with van der Waals surface area (Å²) in [6, 6.07) is 0. The van der Waals surface area contributed by atoms with Crippen LogP contribution in [0.15, 0.2) is 0 Å². The Morgan fingerprint density at radius 2 is 1.79 bits per heavy atom. The van der Waals surface area contributed by atoms with Crippen LogP contribution in [-0.4, -0.2) is 31.7 Å². The molecule has 1 spiro atoms. The monoisotopic (exact) mass is 266 g/mol. The van der Waals surface area contributed by atoms with Crippen LogP contribution in [0, 0.1) is 11.3 Å². The van der Waals surface area contributed by atoms with Gasteiger partial charge in [-0.15, -0.1) is 0 Å². The zero-order chi connectivity index (χ0) is 13.1. The number of carbonyl (C=O) groups is 1. The van der Waals surface area contributed by atoms with Crippen LogP contribution in [0.5, 0.6) is 0 Å². The van der Waals surface area contributed by atoms with Crippen molar-refractivity contribution in [1.82, 2.24) is 0 Å². The molecule has 0 amide bonds. The van der Waals surface area contributed by atoms with E-state index in [-0.39, 0.29) is 11.5 Å². The zero-order valence-electron chi connectivity index (χ0n) is 11.9. The van der Waals surface area contributed by atoms with Gasteiger partial charge in [0.15, 0.2) is 0 Å². The maximum Gasteiger partial charge on any atom is 0.144 e. The average Bonchev–Trinajstić information content (AvgIpc) is 2.72. The molecular weight excluding hydrogens is 240 g/mol. The fourth-order valence-corrected chi connectivity index (χ4v) is 3.96. The summed E-state index contributed by atoms with van der Waals surface area (Å²) in [6.07, 6.45) is 10.3. The van der Waals surface area contributed by atoms with Crippen molar-refractivity contribution in [2.75, 3.05) is 19.8 Å². The fraction of sp³-hybridized carbons (Fsp3) is 0.938. The second-order valence-corrected chi connectivity index (χ2v) is 6.58. The van der Waals surface area contributed by atoms with E-state index in [0.717, 1.165) is 45.5 Å². The van der Waals surface area contributed by atoms with Gasteiger partial charge in [-0.05, 0) is 31.6 Å². The minimum absolute atomic E-state index is 0.0817. The van der Waals surface area contributed by atoms with Crippen molar-refractivity contribution in [3.05, 3.63) is 0 Å². The van der Waals surface area contributed by atoms with E-state index in [2.05, 4.69) is 0 Å². The molecule has 1 atom stereocenters.